The number of pyridine rings is 1. The van der Waals surface area contributed by atoms with Crippen molar-refractivity contribution in [3.05, 3.63) is 30.5 Å². The van der Waals surface area contributed by atoms with Crippen molar-refractivity contribution in [3.63, 3.8) is 0 Å². The van der Waals surface area contributed by atoms with E-state index in [2.05, 4.69) is 25.2 Å². The fourth-order valence-corrected chi connectivity index (χ4v) is 2.97. The number of sulfonamides is 1. The van der Waals surface area contributed by atoms with E-state index in [4.69, 9.17) is 0 Å². The Labute approximate surface area is 123 Å². The maximum absolute atomic E-state index is 12.3. The molecule has 114 valence electrons. The highest BCUT2D eigenvalue weighted by molar-refractivity contribution is 7.89. The zero-order chi connectivity index (χ0) is 15.3. The van der Waals surface area contributed by atoms with Crippen molar-refractivity contribution in [1.29, 1.82) is 0 Å². The van der Waals surface area contributed by atoms with Crippen LogP contribution in [0.3, 0.4) is 0 Å². The van der Waals surface area contributed by atoms with E-state index >= 15 is 0 Å². The molecule has 0 unspecified atom stereocenters. The van der Waals surface area contributed by atoms with Gasteiger partial charge in [0.2, 0.25) is 0 Å². The Kier molecular flexibility index (Phi) is 4.86. The van der Waals surface area contributed by atoms with Gasteiger partial charge in [-0.15, -0.1) is 10.2 Å². The van der Waals surface area contributed by atoms with Gasteiger partial charge in [-0.05, 0) is 19.1 Å². The summed E-state index contributed by atoms with van der Waals surface area (Å²) in [7, 11) is -1.85. The summed E-state index contributed by atoms with van der Waals surface area (Å²) in [5.41, 5.74) is 0.492. The molecule has 2 N–H and O–H groups in total. The molecule has 9 heteroatoms. The first-order chi connectivity index (χ1) is 10.0. The Morgan fingerprint density at radius 1 is 1.38 bits per heavy atom. The predicted octanol–water partition coefficient (Wildman–Crippen LogP) is 0.163. The van der Waals surface area contributed by atoms with Crippen LogP contribution in [0.1, 0.15) is 12.7 Å². The molecule has 0 aliphatic heterocycles. The standard InChI is InChI=1S/C12H18N6O2S/c1-3-13-10-5-4-7-14-12(10)21(19,20)16-8-6-11-17-15-9-18(11)2/h4-5,7,9,13,16H,3,6,8H2,1-2H3. The minimum Gasteiger partial charge on any atom is -0.383 e. The highest BCUT2D eigenvalue weighted by atomic mass is 32.2. The predicted molar refractivity (Wildman–Crippen MR) is 78.3 cm³/mol. The summed E-state index contributed by atoms with van der Waals surface area (Å²) >= 11 is 0. The van der Waals surface area contributed by atoms with E-state index in [-0.39, 0.29) is 11.6 Å². The largest absolute Gasteiger partial charge is 0.383 e. The summed E-state index contributed by atoms with van der Waals surface area (Å²) in [4.78, 5) is 3.96. The van der Waals surface area contributed by atoms with Crippen molar-refractivity contribution in [2.75, 3.05) is 18.4 Å². The molecule has 8 nitrogen and oxygen atoms in total. The van der Waals surface area contributed by atoms with Crippen LogP contribution >= 0.6 is 0 Å². The van der Waals surface area contributed by atoms with Gasteiger partial charge in [0.05, 0.1) is 5.69 Å². The second-order valence-electron chi connectivity index (χ2n) is 4.39. The van der Waals surface area contributed by atoms with E-state index in [0.29, 0.717) is 24.5 Å². The third kappa shape index (κ3) is 3.76. The van der Waals surface area contributed by atoms with Crippen LogP contribution in [0.25, 0.3) is 0 Å². The third-order valence-corrected chi connectivity index (χ3v) is 4.26. The van der Waals surface area contributed by atoms with Gasteiger partial charge in [-0.3, -0.25) is 0 Å². The SMILES string of the molecule is CCNc1cccnc1S(=O)(=O)NCCc1nncn1C. The Balaban J connectivity index is 2.07. The molecule has 2 aromatic heterocycles. The summed E-state index contributed by atoms with van der Waals surface area (Å²) in [6, 6.07) is 3.38. The van der Waals surface area contributed by atoms with Gasteiger partial charge >= 0.3 is 0 Å². The molecule has 0 aliphatic carbocycles. The molecule has 0 aromatic carbocycles. The zero-order valence-electron chi connectivity index (χ0n) is 11.9. The van der Waals surface area contributed by atoms with Gasteiger partial charge in [0, 0.05) is 32.8 Å². The van der Waals surface area contributed by atoms with Crippen LogP contribution < -0.4 is 10.0 Å². The van der Waals surface area contributed by atoms with Crippen LogP contribution in [0.4, 0.5) is 5.69 Å². The minimum atomic E-state index is -3.66. The molecule has 0 atom stereocenters. The Morgan fingerprint density at radius 3 is 2.86 bits per heavy atom. The number of hydrogen-bond donors (Lipinski definition) is 2. The molecule has 0 aliphatic rings. The lowest BCUT2D eigenvalue weighted by Gasteiger charge is -2.10. The fraction of sp³-hybridized carbons (Fsp3) is 0.417. The molecule has 0 fully saturated rings. The van der Waals surface area contributed by atoms with E-state index in [9.17, 15) is 8.42 Å². The van der Waals surface area contributed by atoms with Gasteiger partial charge in [0.1, 0.15) is 12.2 Å². The van der Waals surface area contributed by atoms with Gasteiger partial charge < -0.3 is 9.88 Å². The number of nitrogens with zero attached hydrogens (tertiary/aromatic N) is 4. The minimum absolute atomic E-state index is 0.00446. The molecule has 0 amide bonds. The monoisotopic (exact) mass is 310 g/mol. The van der Waals surface area contributed by atoms with Gasteiger partial charge in [-0.2, -0.15) is 0 Å². The molecule has 21 heavy (non-hydrogen) atoms. The highest BCUT2D eigenvalue weighted by Gasteiger charge is 2.19. The van der Waals surface area contributed by atoms with E-state index in [1.807, 2.05) is 14.0 Å². The maximum Gasteiger partial charge on any atom is 0.260 e. The van der Waals surface area contributed by atoms with Gasteiger partial charge in [0.15, 0.2) is 5.03 Å². The Morgan fingerprint density at radius 2 is 2.19 bits per heavy atom. The molecule has 0 spiro atoms. The van der Waals surface area contributed by atoms with Crippen molar-refractivity contribution in [2.24, 2.45) is 7.05 Å². The first-order valence-corrected chi connectivity index (χ1v) is 8.04. The van der Waals surface area contributed by atoms with Crippen LogP contribution in [0.5, 0.6) is 0 Å². The highest BCUT2D eigenvalue weighted by Crippen LogP contribution is 2.17. The lowest BCUT2D eigenvalue weighted by Crippen LogP contribution is -2.28. The molecule has 2 aromatic rings. The maximum atomic E-state index is 12.3. The van der Waals surface area contributed by atoms with E-state index < -0.39 is 10.0 Å². The zero-order valence-corrected chi connectivity index (χ0v) is 12.8. The summed E-state index contributed by atoms with van der Waals surface area (Å²) in [5, 5.41) is 10.6. The first kappa shape index (κ1) is 15.4. The molecular formula is C12H18N6O2S. The summed E-state index contributed by atoms with van der Waals surface area (Å²) in [5.74, 6) is 0.714. The molecule has 2 rings (SSSR count). The lowest BCUT2D eigenvalue weighted by molar-refractivity contribution is 0.576. The van der Waals surface area contributed by atoms with Crippen LogP contribution in [0.15, 0.2) is 29.7 Å². The average molecular weight is 310 g/mol. The molecule has 2 heterocycles. The number of aryl methyl sites for hydroxylation is 1. The third-order valence-electron chi connectivity index (χ3n) is 2.84. The summed E-state index contributed by atoms with van der Waals surface area (Å²) in [6.45, 7) is 2.75. The molecule has 0 saturated heterocycles. The van der Waals surface area contributed by atoms with Crippen molar-refractivity contribution >= 4 is 15.7 Å². The second kappa shape index (κ2) is 6.64. The quantitative estimate of drug-likeness (QED) is 0.755. The normalized spacial score (nSPS) is 11.5. The van der Waals surface area contributed by atoms with Gasteiger partial charge in [-0.25, -0.2) is 18.1 Å². The number of hydrogen-bond acceptors (Lipinski definition) is 6. The van der Waals surface area contributed by atoms with E-state index in [0.717, 1.165) is 0 Å². The van der Waals surface area contributed by atoms with E-state index in [1.165, 1.54) is 6.20 Å². The van der Waals surface area contributed by atoms with Crippen molar-refractivity contribution in [3.8, 4) is 0 Å². The molecule has 0 bridgehead atoms. The molecule has 0 radical (unpaired) electrons. The smallest absolute Gasteiger partial charge is 0.260 e. The van der Waals surface area contributed by atoms with Gasteiger partial charge in [0.25, 0.3) is 10.0 Å². The topological polar surface area (TPSA) is 102 Å². The summed E-state index contributed by atoms with van der Waals surface area (Å²) in [6.07, 6.45) is 3.49. The number of anilines is 1. The Bertz CT molecular complexity index is 697. The molecular weight excluding hydrogens is 292 g/mol. The second-order valence-corrected chi connectivity index (χ2v) is 6.07. The van der Waals surface area contributed by atoms with Crippen LogP contribution in [-0.4, -0.2) is 41.3 Å². The summed E-state index contributed by atoms with van der Waals surface area (Å²) < 4.78 is 28.8. The number of rotatable bonds is 7. The number of nitrogens with one attached hydrogen (secondary N) is 2. The van der Waals surface area contributed by atoms with E-state index in [1.54, 1.807) is 23.0 Å². The fourth-order valence-electron chi connectivity index (χ4n) is 1.83. The Hall–Kier alpha value is -2.00. The van der Waals surface area contributed by atoms with Crippen molar-refractivity contribution < 1.29 is 8.42 Å². The van der Waals surface area contributed by atoms with Crippen molar-refractivity contribution in [1.82, 2.24) is 24.5 Å². The van der Waals surface area contributed by atoms with Gasteiger partial charge in [-0.1, -0.05) is 0 Å². The van der Waals surface area contributed by atoms with Crippen LogP contribution in [0.2, 0.25) is 0 Å². The lowest BCUT2D eigenvalue weighted by atomic mass is 10.4. The number of aromatic nitrogens is 4. The molecule has 0 saturated carbocycles. The average Bonchev–Trinajstić information content (AvgIpc) is 2.85. The van der Waals surface area contributed by atoms with Crippen molar-refractivity contribution in [2.45, 2.75) is 18.4 Å². The van der Waals surface area contributed by atoms with Crippen LogP contribution in [-0.2, 0) is 23.5 Å². The first-order valence-electron chi connectivity index (χ1n) is 6.56. The van der Waals surface area contributed by atoms with Crippen LogP contribution in [0, 0.1) is 0 Å².